The highest BCUT2D eigenvalue weighted by atomic mass is 32.2. The van der Waals surface area contributed by atoms with Gasteiger partial charge in [-0.3, -0.25) is 9.59 Å². The highest BCUT2D eigenvalue weighted by Gasteiger charge is 2.33. The molecule has 2 amide bonds. The summed E-state index contributed by atoms with van der Waals surface area (Å²) in [6.45, 7) is 0. The number of hydrogen-bond acceptors (Lipinski definition) is 4. The second-order valence-corrected chi connectivity index (χ2v) is 7.01. The van der Waals surface area contributed by atoms with Gasteiger partial charge in [-0.15, -0.1) is 0 Å². The van der Waals surface area contributed by atoms with Gasteiger partial charge in [-0.25, -0.2) is 9.38 Å². The normalized spacial score (nSPS) is 18.2. The molecule has 0 spiro atoms. The van der Waals surface area contributed by atoms with Crippen molar-refractivity contribution in [1.82, 2.24) is 5.32 Å². The van der Waals surface area contributed by atoms with Gasteiger partial charge in [0.2, 0.25) is 11.8 Å². The molecular weight excluding hydrogens is 398 g/mol. The van der Waals surface area contributed by atoms with Crippen LogP contribution in [-0.2, 0) is 15.8 Å². The standard InChI is InChI=1S/C18H13F4N3O2S/c19-11-4-6-12(7-5-11)23-15(26)9-14-16(27)25-17(28-14)24-13-3-1-2-10(8-13)18(20,21)22/h1-8,14H,9H2,(H,23,26)(H,24,25,27)/t14-/m0/s1. The molecule has 1 fully saturated rings. The minimum Gasteiger partial charge on any atom is -0.326 e. The van der Waals surface area contributed by atoms with E-state index < -0.39 is 34.6 Å². The van der Waals surface area contributed by atoms with E-state index in [2.05, 4.69) is 15.6 Å². The summed E-state index contributed by atoms with van der Waals surface area (Å²) in [4.78, 5) is 28.1. The van der Waals surface area contributed by atoms with E-state index in [1.54, 1.807) is 0 Å². The highest BCUT2D eigenvalue weighted by molar-refractivity contribution is 8.15. The predicted molar refractivity (Wildman–Crippen MR) is 97.7 cm³/mol. The number of benzene rings is 2. The van der Waals surface area contributed by atoms with Crippen LogP contribution in [0.25, 0.3) is 0 Å². The van der Waals surface area contributed by atoms with Crippen molar-refractivity contribution >= 4 is 40.1 Å². The number of alkyl halides is 3. The summed E-state index contributed by atoms with van der Waals surface area (Å²) in [6.07, 6.45) is -4.67. The number of rotatable bonds is 4. The lowest BCUT2D eigenvalue weighted by molar-refractivity contribution is -0.137. The molecule has 146 valence electrons. The minimum absolute atomic E-state index is 0.0361. The molecule has 2 aromatic carbocycles. The summed E-state index contributed by atoms with van der Waals surface area (Å²) in [5.74, 6) is -1.37. The molecular formula is C18H13F4N3O2S. The fourth-order valence-electron chi connectivity index (χ4n) is 2.37. The number of aliphatic imine (C=N–C) groups is 1. The molecule has 0 saturated carbocycles. The van der Waals surface area contributed by atoms with Crippen LogP contribution in [0.5, 0.6) is 0 Å². The molecule has 0 bridgehead atoms. The third kappa shape index (κ3) is 5.10. The van der Waals surface area contributed by atoms with Crippen molar-refractivity contribution in [2.75, 3.05) is 5.32 Å². The lowest BCUT2D eigenvalue weighted by Crippen LogP contribution is -2.28. The first-order valence-corrected chi connectivity index (χ1v) is 8.87. The van der Waals surface area contributed by atoms with E-state index in [1.807, 2.05) is 0 Å². The van der Waals surface area contributed by atoms with Gasteiger partial charge >= 0.3 is 6.18 Å². The Morgan fingerprint density at radius 3 is 2.57 bits per heavy atom. The predicted octanol–water partition coefficient (Wildman–Crippen LogP) is 4.09. The summed E-state index contributed by atoms with van der Waals surface area (Å²) in [5, 5.41) is 4.33. The number of thioether (sulfide) groups is 1. The maximum Gasteiger partial charge on any atom is 0.416 e. The number of anilines is 1. The number of amidine groups is 1. The van der Waals surface area contributed by atoms with Gasteiger partial charge in [0.05, 0.1) is 11.3 Å². The van der Waals surface area contributed by atoms with Crippen molar-refractivity contribution in [3.8, 4) is 0 Å². The molecule has 1 heterocycles. The van der Waals surface area contributed by atoms with Crippen molar-refractivity contribution in [3.05, 3.63) is 59.9 Å². The zero-order valence-corrected chi connectivity index (χ0v) is 14.9. The Kier molecular flexibility index (Phi) is 5.68. The van der Waals surface area contributed by atoms with E-state index in [4.69, 9.17) is 0 Å². The van der Waals surface area contributed by atoms with Crippen molar-refractivity contribution in [1.29, 1.82) is 0 Å². The topological polar surface area (TPSA) is 70.6 Å². The molecule has 3 rings (SSSR count). The third-order valence-corrected chi connectivity index (χ3v) is 4.76. The number of nitrogens with zero attached hydrogens (tertiary/aromatic N) is 1. The van der Waals surface area contributed by atoms with Crippen LogP contribution in [0.15, 0.2) is 53.5 Å². The molecule has 0 aliphatic carbocycles. The summed E-state index contributed by atoms with van der Waals surface area (Å²) in [6, 6.07) is 9.53. The van der Waals surface area contributed by atoms with Crippen LogP contribution in [0.2, 0.25) is 0 Å². The molecule has 1 atom stereocenters. The van der Waals surface area contributed by atoms with E-state index in [0.29, 0.717) is 5.69 Å². The van der Waals surface area contributed by atoms with E-state index in [1.165, 1.54) is 36.4 Å². The Labute approximate surface area is 161 Å². The van der Waals surface area contributed by atoms with Crippen LogP contribution in [0.3, 0.4) is 0 Å². The molecule has 2 aromatic rings. The third-order valence-electron chi connectivity index (χ3n) is 3.68. The van der Waals surface area contributed by atoms with Gasteiger partial charge < -0.3 is 10.6 Å². The second-order valence-electron chi connectivity index (χ2n) is 5.82. The number of hydrogen-bond donors (Lipinski definition) is 2. The zero-order chi connectivity index (χ0) is 20.3. The number of amides is 2. The molecule has 10 heteroatoms. The lowest BCUT2D eigenvalue weighted by atomic mass is 10.2. The minimum atomic E-state index is -4.50. The Hall–Kier alpha value is -2.88. The molecule has 2 N–H and O–H groups in total. The first kappa shape index (κ1) is 19.9. The molecule has 28 heavy (non-hydrogen) atoms. The maximum atomic E-state index is 12.9. The van der Waals surface area contributed by atoms with Gasteiger partial charge in [0.1, 0.15) is 11.1 Å². The van der Waals surface area contributed by atoms with Gasteiger partial charge in [-0.1, -0.05) is 17.8 Å². The summed E-state index contributed by atoms with van der Waals surface area (Å²) in [5.41, 5.74) is -0.430. The fourth-order valence-corrected chi connectivity index (χ4v) is 3.36. The van der Waals surface area contributed by atoms with Crippen molar-refractivity contribution < 1.29 is 27.2 Å². The largest absolute Gasteiger partial charge is 0.416 e. The summed E-state index contributed by atoms with van der Waals surface area (Å²) in [7, 11) is 0. The number of carbonyl (C=O) groups is 2. The first-order valence-electron chi connectivity index (χ1n) is 7.99. The smallest absolute Gasteiger partial charge is 0.326 e. The quantitative estimate of drug-likeness (QED) is 0.745. The van der Waals surface area contributed by atoms with Crippen molar-refractivity contribution in [2.45, 2.75) is 17.8 Å². The first-order chi connectivity index (χ1) is 13.2. The molecule has 5 nitrogen and oxygen atoms in total. The van der Waals surface area contributed by atoms with Gasteiger partial charge in [0.15, 0.2) is 5.17 Å². The zero-order valence-electron chi connectivity index (χ0n) is 14.1. The van der Waals surface area contributed by atoms with Gasteiger partial charge in [-0.05, 0) is 42.5 Å². The molecule has 0 radical (unpaired) electrons. The van der Waals surface area contributed by atoms with Gasteiger partial charge in [0, 0.05) is 12.1 Å². The van der Waals surface area contributed by atoms with Crippen LogP contribution in [0.1, 0.15) is 12.0 Å². The number of nitrogens with one attached hydrogen (secondary N) is 2. The van der Waals surface area contributed by atoms with E-state index in [9.17, 15) is 27.2 Å². The number of carbonyl (C=O) groups excluding carboxylic acids is 2. The number of halogens is 4. The van der Waals surface area contributed by atoms with Crippen LogP contribution >= 0.6 is 11.8 Å². The fraction of sp³-hybridized carbons (Fsp3) is 0.167. The van der Waals surface area contributed by atoms with Crippen LogP contribution in [-0.4, -0.2) is 22.2 Å². The second kappa shape index (κ2) is 8.01. The average molecular weight is 411 g/mol. The van der Waals surface area contributed by atoms with E-state index >= 15 is 0 Å². The Balaban J connectivity index is 1.64. The summed E-state index contributed by atoms with van der Waals surface area (Å²) >= 11 is 0.956. The molecule has 1 aliphatic heterocycles. The van der Waals surface area contributed by atoms with Crippen LogP contribution in [0.4, 0.5) is 28.9 Å². The average Bonchev–Trinajstić information content (AvgIpc) is 2.95. The van der Waals surface area contributed by atoms with Gasteiger partial charge in [-0.2, -0.15) is 13.2 Å². The SMILES string of the molecule is O=C(C[C@@H]1SC(=Nc2cccc(C(F)(F)F)c2)NC1=O)Nc1ccc(F)cc1. The van der Waals surface area contributed by atoms with E-state index in [0.717, 1.165) is 23.9 Å². The Morgan fingerprint density at radius 1 is 1.18 bits per heavy atom. The molecule has 0 aromatic heterocycles. The monoisotopic (exact) mass is 411 g/mol. The van der Waals surface area contributed by atoms with Crippen LogP contribution < -0.4 is 10.6 Å². The van der Waals surface area contributed by atoms with E-state index in [-0.39, 0.29) is 17.3 Å². The maximum absolute atomic E-state index is 12.9. The molecule has 0 unspecified atom stereocenters. The Bertz CT molecular complexity index is 929. The Morgan fingerprint density at radius 2 is 1.89 bits per heavy atom. The molecule has 1 aliphatic rings. The van der Waals surface area contributed by atoms with Gasteiger partial charge in [0.25, 0.3) is 0 Å². The highest BCUT2D eigenvalue weighted by Crippen LogP contribution is 2.32. The van der Waals surface area contributed by atoms with Crippen molar-refractivity contribution in [2.24, 2.45) is 4.99 Å². The lowest BCUT2D eigenvalue weighted by Gasteiger charge is -2.07. The van der Waals surface area contributed by atoms with Crippen LogP contribution in [0, 0.1) is 5.82 Å². The van der Waals surface area contributed by atoms with Crippen molar-refractivity contribution in [3.63, 3.8) is 0 Å². The molecule has 1 saturated heterocycles. The summed E-state index contributed by atoms with van der Waals surface area (Å²) < 4.78 is 51.2.